The van der Waals surface area contributed by atoms with Crippen LogP contribution in [0.15, 0.2) is 17.7 Å². The topological polar surface area (TPSA) is 0 Å². The van der Waals surface area contributed by atoms with Crippen LogP contribution in [0.3, 0.4) is 0 Å². The van der Waals surface area contributed by atoms with Gasteiger partial charge in [-0.2, -0.15) is 6.08 Å². The van der Waals surface area contributed by atoms with Gasteiger partial charge < -0.3 is 0 Å². The molecule has 1 rings (SSSR count). The summed E-state index contributed by atoms with van der Waals surface area (Å²) in [7, 11) is 0. The van der Waals surface area contributed by atoms with Crippen molar-refractivity contribution in [3.05, 3.63) is 23.8 Å². The third-order valence-electron chi connectivity index (χ3n) is 1.15. The number of hydrogen-bond acceptors (Lipinski definition) is 0. The summed E-state index contributed by atoms with van der Waals surface area (Å²) >= 11 is 0. The molecule has 0 amide bonds. The maximum Gasteiger partial charge on any atom is 0 e. The Morgan fingerprint density at radius 1 is 1.36 bits per heavy atom. The number of rotatable bonds is 1. The fourth-order valence-electron chi connectivity index (χ4n) is 0.693. The van der Waals surface area contributed by atoms with Crippen molar-refractivity contribution in [2.24, 2.45) is 0 Å². The summed E-state index contributed by atoms with van der Waals surface area (Å²) < 4.78 is 0. The molecule has 1 aliphatic carbocycles. The maximum atomic E-state index is 3.21. The molecule has 0 aromatic carbocycles. The summed E-state index contributed by atoms with van der Waals surface area (Å²) in [6, 6.07) is 0. The molecule has 1 radical (unpaired) electrons. The molecule has 0 heterocycles. The Bertz CT molecular complexity index is 121. The van der Waals surface area contributed by atoms with Gasteiger partial charge in [0.25, 0.3) is 0 Å². The van der Waals surface area contributed by atoms with Crippen LogP contribution in [0.25, 0.3) is 0 Å². The van der Waals surface area contributed by atoms with Gasteiger partial charge in [0.15, 0.2) is 0 Å². The third kappa shape index (κ3) is 8.84. The third-order valence-corrected chi connectivity index (χ3v) is 1.15. The molecule has 0 unspecified atom stereocenters. The van der Waals surface area contributed by atoms with Crippen LogP contribution in [-0.2, 0) is 18.6 Å². The van der Waals surface area contributed by atoms with Crippen molar-refractivity contribution in [2.75, 3.05) is 0 Å². The summed E-state index contributed by atoms with van der Waals surface area (Å²) in [4.78, 5) is 0. The standard InChI is InChI=1S/C7H9.3ClH.V/c1-2-7-5-3-4-6-7;;;;/h3,5H,2,4H2,1H3;3*1H;/q-1;;;;. The smallest absolute Gasteiger partial charge is 0 e. The van der Waals surface area contributed by atoms with Gasteiger partial charge in [-0.1, -0.05) is 13.3 Å². The van der Waals surface area contributed by atoms with Crippen LogP contribution in [0, 0.1) is 6.08 Å². The zero-order valence-electron chi connectivity index (χ0n) is 6.24. The van der Waals surface area contributed by atoms with E-state index in [1.54, 1.807) is 0 Å². The minimum absolute atomic E-state index is 0. The minimum Gasteiger partial charge on any atom is -0.270 e. The van der Waals surface area contributed by atoms with Gasteiger partial charge in [-0.25, -0.2) is 11.6 Å². The van der Waals surface area contributed by atoms with Crippen LogP contribution < -0.4 is 0 Å². The molecule has 0 aromatic heterocycles. The zero-order chi connectivity index (χ0) is 5.11. The number of allylic oxidation sites excluding steroid dienone is 4. The van der Waals surface area contributed by atoms with Crippen LogP contribution in [0.2, 0.25) is 0 Å². The first kappa shape index (κ1) is 22.7. The van der Waals surface area contributed by atoms with Gasteiger partial charge in [-0.3, -0.25) is 6.08 Å². The predicted molar refractivity (Wildman–Crippen MR) is 52.5 cm³/mol. The second kappa shape index (κ2) is 13.5. The minimum atomic E-state index is 0. The summed E-state index contributed by atoms with van der Waals surface area (Å²) in [6.07, 6.45) is 9.65. The SMILES string of the molecule is CCC1=[C-]CC=C1.Cl.Cl.Cl.[V]. The van der Waals surface area contributed by atoms with Crippen LogP contribution >= 0.6 is 37.2 Å². The van der Waals surface area contributed by atoms with E-state index in [4.69, 9.17) is 0 Å². The zero-order valence-corrected chi connectivity index (χ0v) is 10.1. The van der Waals surface area contributed by atoms with E-state index >= 15 is 0 Å². The van der Waals surface area contributed by atoms with Gasteiger partial charge in [0, 0.05) is 18.6 Å². The molecule has 0 fully saturated rings. The van der Waals surface area contributed by atoms with E-state index in [1.165, 1.54) is 5.57 Å². The van der Waals surface area contributed by atoms with Crippen molar-refractivity contribution in [1.29, 1.82) is 0 Å². The molecular weight excluding hydrogens is 241 g/mol. The van der Waals surface area contributed by atoms with E-state index < -0.39 is 0 Å². The van der Waals surface area contributed by atoms with Gasteiger partial charge >= 0.3 is 0 Å². The molecule has 0 aromatic rings. The second-order valence-electron chi connectivity index (χ2n) is 1.66. The molecule has 0 nitrogen and oxygen atoms in total. The summed E-state index contributed by atoms with van der Waals surface area (Å²) in [5.41, 5.74) is 1.36. The molecule has 1 aliphatic rings. The average Bonchev–Trinajstić information content (AvgIpc) is 2.14. The molecule has 0 bridgehead atoms. The van der Waals surface area contributed by atoms with E-state index in [0.717, 1.165) is 12.8 Å². The molecule has 67 valence electrons. The van der Waals surface area contributed by atoms with Gasteiger partial charge in [-0.05, 0) is 0 Å². The molecular formula is C7H12Cl3V-. The van der Waals surface area contributed by atoms with Crippen molar-refractivity contribution < 1.29 is 18.6 Å². The van der Waals surface area contributed by atoms with Crippen molar-refractivity contribution in [2.45, 2.75) is 19.8 Å². The molecule has 0 saturated heterocycles. The molecule has 0 N–H and O–H groups in total. The fraction of sp³-hybridized carbons (Fsp3) is 0.429. The maximum absolute atomic E-state index is 3.21. The first-order valence-corrected chi connectivity index (χ1v) is 2.69. The van der Waals surface area contributed by atoms with Crippen molar-refractivity contribution in [1.82, 2.24) is 0 Å². The number of hydrogen-bond donors (Lipinski definition) is 0. The Hall–Kier alpha value is 0.934. The Morgan fingerprint density at radius 2 is 1.91 bits per heavy atom. The van der Waals surface area contributed by atoms with Crippen molar-refractivity contribution >= 4 is 37.2 Å². The van der Waals surface area contributed by atoms with Gasteiger partial charge in [0.05, 0.1) is 0 Å². The van der Waals surface area contributed by atoms with E-state index in [0.29, 0.717) is 0 Å². The molecule has 11 heavy (non-hydrogen) atoms. The summed E-state index contributed by atoms with van der Waals surface area (Å²) in [5.74, 6) is 0. The quantitative estimate of drug-likeness (QED) is 0.629. The first-order chi connectivity index (χ1) is 3.43. The van der Waals surface area contributed by atoms with Crippen LogP contribution in [0.5, 0.6) is 0 Å². The molecule has 0 aliphatic heterocycles. The molecule has 4 heteroatoms. The Morgan fingerprint density at radius 3 is 2.09 bits per heavy atom. The summed E-state index contributed by atoms with van der Waals surface area (Å²) in [6.45, 7) is 2.15. The van der Waals surface area contributed by atoms with Crippen LogP contribution in [0.1, 0.15) is 19.8 Å². The van der Waals surface area contributed by atoms with E-state index in [1.807, 2.05) is 0 Å². The van der Waals surface area contributed by atoms with Crippen molar-refractivity contribution in [3.8, 4) is 0 Å². The molecule has 0 spiro atoms. The number of halogens is 3. The predicted octanol–water partition coefficient (Wildman–Crippen LogP) is 3.35. The van der Waals surface area contributed by atoms with E-state index in [9.17, 15) is 0 Å². The Kier molecular flexibility index (Phi) is 27.9. The van der Waals surface area contributed by atoms with Gasteiger partial charge in [0.1, 0.15) is 0 Å². The van der Waals surface area contributed by atoms with Crippen LogP contribution in [0.4, 0.5) is 0 Å². The molecule has 0 atom stereocenters. The first-order valence-electron chi connectivity index (χ1n) is 2.69. The Labute approximate surface area is 99.0 Å². The normalized spacial score (nSPS) is 11.2. The fourth-order valence-corrected chi connectivity index (χ4v) is 0.693. The second-order valence-corrected chi connectivity index (χ2v) is 1.66. The van der Waals surface area contributed by atoms with Gasteiger partial charge in [0.2, 0.25) is 0 Å². The Balaban J connectivity index is -0.0000000612. The van der Waals surface area contributed by atoms with E-state index in [-0.39, 0.29) is 55.8 Å². The van der Waals surface area contributed by atoms with Gasteiger partial charge in [-0.15, -0.1) is 43.6 Å². The van der Waals surface area contributed by atoms with Crippen LogP contribution in [-0.4, -0.2) is 0 Å². The van der Waals surface area contributed by atoms with Crippen molar-refractivity contribution in [3.63, 3.8) is 0 Å². The average molecular weight is 253 g/mol. The largest absolute Gasteiger partial charge is 0.270 e. The summed E-state index contributed by atoms with van der Waals surface area (Å²) in [5, 5.41) is 0. The molecule has 0 saturated carbocycles. The monoisotopic (exact) mass is 252 g/mol. The van der Waals surface area contributed by atoms with E-state index in [2.05, 4.69) is 25.2 Å².